The number of carboxylic acids is 1. The number of fused-ring (bicyclic) bond motifs is 1. The van der Waals surface area contributed by atoms with Gasteiger partial charge in [-0.15, -0.1) is 0 Å². The number of rotatable bonds is 3. The van der Waals surface area contributed by atoms with E-state index in [-0.39, 0.29) is 17.6 Å². The van der Waals surface area contributed by atoms with Crippen LogP contribution in [0.25, 0.3) is 0 Å². The number of piperazine rings is 1. The number of amides is 2. The molecule has 3 rings (SSSR count). The molecule has 2 saturated heterocycles. The maximum absolute atomic E-state index is 11.5. The van der Waals surface area contributed by atoms with E-state index in [0.717, 1.165) is 25.3 Å². The van der Waals surface area contributed by atoms with E-state index in [0.29, 0.717) is 13.1 Å². The Morgan fingerprint density at radius 2 is 2.30 bits per heavy atom. The summed E-state index contributed by atoms with van der Waals surface area (Å²) in [4.78, 5) is 30.6. The molecule has 7 nitrogen and oxygen atoms in total. The standard InChI is InChI=1S/C13H16N4O3/c18-12(19)9-1-2-10(14-5-9)7-16-3-4-17-11(8-16)6-15-13(17)20/h1-2,5,11H,3-4,6-8H2,(H,15,20)(H,18,19). The summed E-state index contributed by atoms with van der Waals surface area (Å²) in [5.74, 6) is -0.965. The number of aromatic carboxylic acids is 1. The van der Waals surface area contributed by atoms with E-state index >= 15 is 0 Å². The summed E-state index contributed by atoms with van der Waals surface area (Å²) in [7, 11) is 0. The molecule has 2 aliphatic rings. The van der Waals surface area contributed by atoms with Crippen molar-refractivity contribution in [2.24, 2.45) is 0 Å². The quantitative estimate of drug-likeness (QED) is 0.811. The molecular weight excluding hydrogens is 260 g/mol. The first kappa shape index (κ1) is 12.9. The van der Waals surface area contributed by atoms with Crippen LogP contribution in [0.5, 0.6) is 0 Å². The van der Waals surface area contributed by atoms with E-state index in [1.807, 2.05) is 4.90 Å². The molecule has 20 heavy (non-hydrogen) atoms. The fourth-order valence-corrected chi connectivity index (χ4v) is 2.69. The molecule has 1 atom stereocenters. The largest absolute Gasteiger partial charge is 0.478 e. The average molecular weight is 276 g/mol. The van der Waals surface area contributed by atoms with E-state index in [1.54, 1.807) is 12.1 Å². The van der Waals surface area contributed by atoms with Crippen LogP contribution in [0.3, 0.4) is 0 Å². The van der Waals surface area contributed by atoms with E-state index in [4.69, 9.17) is 5.11 Å². The van der Waals surface area contributed by atoms with Gasteiger partial charge in [0.2, 0.25) is 0 Å². The summed E-state index contributed by atoms with van der Waals surface area (Å²) in [5.41, 5.74) is 1.05. The number of nitrogens with one attached hydrogen (secondary N) is 1. The van der Waals surface area contributed by atoms with Gasteiger partial charge in [0.15, 0.2) is 0 Å². The van der Waals surface area contributed by atoms with Crippen molar-refractivity contribution in [2.75, 3.05) is 26.2 Å². The fraction of sp³-hybridized carbons (Fsp3) is 0.462. The van der Waals surface area contributed by atoms with Crippen LogP contribution in [-0.4, -0.2) is 64.1 Å². The lowest BCUT2D eigenvalue weighted by Crippen LogP contribution is -2.51. The molecule has 0 bridgehead atoms. The van der Waals surface area contributed by atoms with Gasteiger partial charge in [-0.3, -0.25) is 9.88 Å². The third-order valence-electron chi connectivity index (χ3n) is 3.77. The van der Waals surface area contributed by atoms with E-state index < -0.39 is 5.97 Å². The number of carbonyl (C=O) groups excluding carboxylic acids is 1. The molecule has 2 amide bonds. The van der Waals surface area contributed by atoms with Gasteiger partial charge in [-0.25, -0.2) is 9.59 Å². The van der Waals surface area contributed by atoms with Gasteiger partial charge in [0.1, 0.15) is 0 Å². The smallest absolute Gasteiger partial charge is 0.337 e. The SMILES string of the molecule is O=C(O)c1ccc(CN2CCN3C(=O)NCC3C2)nc1. The van der Waals surface area contributed by atoms with Gasteiger partial charge in [-0.2, -0.15) is 0 Å². The van der Waals surface area contributed by atoms with Crippen molar-refractivity contribution in [3.63, 3.8) is 0 Å². The molecule has 2 N–H and O–H groups in total. The molecule has 0 aromatic carbocycles. The first-order chi connectivity index (χ1) is 9.63. The van der Waals surface area contributed by atoms with E-state index in [1.165, 1.54) is 6.20 Å². The molecule has 1 unspecified atom stereocenters. The molecule has 0 aliphatic carbocycles. The zero-order chi connectivity index (χ0) is 14.1. The zero-order valence-corrected chi connectivity index (χ0v) is 11.0. The van der Waals surface area contributed by atoms with Crippen LogP contribution >= 0.6 is 0 Å². The minimum atomic E-state index is -0.965. The monoisotopic (exact) mass is 276 g/mol. The van der Waals surface area contributed by atoms with Crippen molar-refractivity contribution in [2.45, 2.75) is 12.6 Å². The summed E-state index contributed by atoms with van der Waals surface area (Å²) in [5, 5.41) is 11.7. The number of urea groups is 1. The van der Waals surface area contributed by atoms with E-state index in [9.17, 15) is 9.59 Å². The maximum Gasteiger partial charge on any atom is 0.337 e. The lowest BCUT2D eigenvalue weighted by atomic mass is 10.2. The Balaban J connectivity index is 1.61. The third-order valence-corrected chi connectivity index (χ3v) is 3.77. The summed E-state index contributed by atoms with van der Waals surface area (Å²) in [6.45, 7) is 3.73. The normalized spacial score (nSPS) is 22.5. The Bertz CT molecular complexity index is 531. The van der Waals surface area contributed by atoms with Gasteiger partial charge in [0, 0.05) is 38.9 Å². The van der Waals surface area contributed by atoms with Gasteiger partial charge in [0.25, 0.3) is 0 Å². The second-order valence-corrected chi connectivity index (χ2v) is 5.11. The fourth-order valence-electron chi connectivity index (χ4n) is 2.69. The number of aromatic nitrogens is 1. The molecule has 106 valence electrons. The van der Waals surface area contributed by atoms with Crippen molar-refractivity contribution in [3.8, 4) is 0 Å². The number of hydrogen-bond acceptors (Lipinski definition) is 4. The predicted octanol–water partition coefficient (Wildman–Crippen LogP) is -0.0108. The second kappa shape index (κ2) is 5.09. The van der Waals surface area contributed by atoms with Gasteiger partial charge >= 0.3 is 12.0 Å². The highest BCUT2D eigenvalue weighted by Crippen LogP contribution is 2.15. The Morgan fingerprint density at radius 3 is 3.00 bits per heavy atom. The van der Waals surface area contributed by atoms with Crippen molar-refractivity contribution in [3.05, 3.63) is 29.6 Å². The Morgan fingerprint density at radius 1 is 1.45 bits per heavy atom. The highest BCUT2D eigenvalue weighted by molar-refractivity contribution is 5.87. The Hall–Kier alpha value is -2.15. The molecule has 0 saturated carbocycles. The predicted molar refractivity (Wildman–Crippen MR) is 70.4 cm³/mol. The number of carbonyl (C=O) groups is 2. The van der Waals surface area contributed by atoms with E-state index in [2.05, 4.69) is 15.2 Å². The van der Waals surface area contributed by atoms with Crippen LogP contribution in [0.15, 0.2) is 18.3 Å². The van der Waals surface area contributed by atoms with Gasteiger partial charge < -0.3 is 15.3 Å². The minimum absolute atomic E-state index is 0.0265. The van der Waals surface area contributed by atoms with Crippen molar-refractivity contribution < 1.29 is 14.7 Å². The molecule has 2 aliphatic heterocycles. The summed E-state index contributed by atoms with van der Waals surface area (Å²) in [6.07, 6.45) is 1.38. The zero-order valence-electron chi connectivity index (χ0n) is 11.0. The van der Waals surface area contributed by atoms with Gasteiger partial charge in [-0.1, -0.05) is 0 Å². The molecular formula is C13H16N4O3. The Labute approximate surface area is 116 Å². The average Bonchev–Trinajstić information content (AvgIpc) is 2.81. The number of hydrogen-bond donors (Lipinski definition) is 2. The lowest BCUT2D eigenvalue weighted by Gasteiger charge is -2.36. The summed E-state index contributed by atoms with van der Waals surface area (Å²) in [6, 6.07) is 3.57. The van der Waals surface area contributed by atoms with Crippen LogP contribution < -0.4 is 5.32 Å². The van der Waals surface area contributed by atoms with Crippen LogP contribution in [0.2, 0.25) is 0 Å². The highest BCUT2D eigenvalue weighted by Gasteiger charge is 2.35. The Kier molecular flexibility index (Phi) is 3.27. The minimum Gasteiger partial charge on any atom is -0.478 e. The van der Waals surface area contributed by atoms with Gasteiger partial charge in [-0.05, 0) is 12.1 Å². The molecule has 0 spiro atoms. The summed E-state index contributed by atoms with van der Waals surface area (Å²) < 4.78 is 0. The molecule has 2 fully saturated rings. The maximum atomic E-state index is 11.5. The van der Waals surface area contributed by atoms with Crippen LogP contribution in [0.1, 0.15) is 16.1 Å². The van der Waals surface area contributed by atoms with Crippen molar-refractivity contribution >= 4 is 12.0 Å². The third kappa shape index (κ3) is 2.44. The van der Waals surface area contributed by atoms with Crippen LogP contribution in [-0.2, 0) is 6.54 Å². The number of pyridine rings is 1. The number of carboxylic acid groups (broad SMARTS) is 1. The molecule has 3 heterocycles. The highest BCUT2D eigenvalue weighted by atomic mass is 16.4. The number of nitrogens with zero attached hydrogens (tertiary/aromatic N) is 3. The second-order valence-electron chi connectivity index (χ2n) is 5.11. The van der Waals surface area contributed by atoms with Crippen molar-refractivity contribution in [1.29, 1.82) is 0 Å². The topological polar surface area (TPSA) is 85.8 Å². The van der Waals surface area contributed by atoms with Crippen molar-refractivity contribution in [1.82, 2.24) is 20.1 Å². The van der Waals surface area contributed by atoms with Crippen LogP contribution in [0.4, 0.5) is 4.79 Å². The first-order valence-corrected chi connectivity index (χ1v) is 6.58. The van der Waals surface area contributed by atoms with Gasteiger partial charge in [0.05, 0.1) is 17.3 Å². The molecule has 0 radical (unpaired) electrons. The molecule has 7 heteroatoms. The molecule has 1 aromatic rings. The first-order valence-electron chi connectivity index (χ1n) is 6.58. The lowest BCUT2D eigenvalue weighted by molar-refractivity contribution is 0.0696. The van der Waals surface area contributed by atoms with Crippen LogP contribution in [0, 0.1) is 0 Å². The summed E-state index contributed by atoms with van der Waals surface area (Å²) >= 11 is 0. The molecule has 1 aromatic heterocycles.